The van der Waals surface area contributed by atoms with E-state index in [1.165, 1.54) is 5.69 Å². The van der Waals surface area contributed by atoms with Crippen LogP contribution in [-0.4, -0.2) is 42.7 Å². The van der Waals surface area contributed by atoms with Crippen LogP contribution in [0.1, 0.15) is 33.4 Å². The maximum Gasteiger partial charge on any atom is 0.192 e. The third-order valence-corrected chi connectivity index (χ3v) is 9.57. The summed E-state index contributed by atoms with van der Waals surface area (Å²) in [5, 5.41) is 4.51. The number of aryl methyl sites for hydroxylation is 1. The van der Waals surface area contributed by atoms with E-state index in [2.05, 4.69) is 73.8 Å². The number of nitrogens with zero attached hydrogens (tertiary/aromatic N) is 3. The lowest BCUT2D eigenvalue weighted by atomic mass is 10.2. The van der Waals surface area contributed by atoms with Gasteiger partial charge in [-0.05, 0) is 48.0 Å². The maximum absolute atomic E-state index is 6.42. The highest BCUT2D eigenvalue weighted by Gasteiger charge is 2.38. The minimum absolute atomic E-state index is 0.239. The normalized spacial score (nSPS) is 14.8. The first kappa shape index (κ1) is 18.9. The molecule has 0 aromatic carbocycles. The number of halogens is 1. The summed E-state index contributed by atoms with van der Waals surface area (Å²) in [6.07, 6.45) is 2.08. The predicted molar refractivity (Wildman–Crippen MR) is 95.0 cm³/mol. The van der Waals surface area contributed by atoms with Crippen LogP contribution in [0.4, 0.5) is 0 Å². The molecule has 21 heavy (non-hydrogen) atoms. The lowest BCUT2D eigenvalue weighted by Crippen LogP contribution is -2.45. The van der Waals surface area contributed by atoms with Gasteiger partial charge in [-0.25, -0.2) is 0 Å². The van der Waals surface area contributed by atoms with Gasteiger partial charge in [0.25, 0.3) is 0 Å². The summed E-state index contributed by atoms with van der Waals surface area (Å²) in [5.74, 6) is 0. The number of aromatic nitrogens is 2. The first-order valence-electron chi connectivity index (χ1n) is 7.47. The summed E-state index contributed by atoms with van der Waals surface area (Å²) in [5.41, 5.74) is 1.19. The second-order valence-corrected chi connectivity index (χ2v) is 13.1. The molecule has 122 valence electrons. The number of hydrogen-bond donors (Lipinski definition) is 0. The molecule has 0 saturated carbocycles. The van der Waals surface area contributed by atoms with Crippen molar-refractivity contribution in [1.29, 1.82) is 0 Å². The van der Waals surface area contributed by atoms with E-state index in [-0.39, 0.29) is 11.1 Å². The molecule has 1 atom stereocenters. The third kappa shape index (κ3) is 5.19. The SMILES string of the molecule is CC(CN(C)Cc1c(Br)cnn1C)O[Si](C)(C)C(C)(C)C. The minimum Gasteiger partial charge on any atom is -0.413 e. The second-order valence-electron chi connectivity index (χ2n) is 7.45. The summed E-state index contributed by atoms with van der Waals surface area (Å²) in [7, 11) is 2.42. The van der Waals surface area contributed by atoms with E-state index >= 15 is 0 Å². The molecule has 0 spiro atoms. The molecule has 6 heteroatoms. The Labute approximate surface area is 139 Å². The first-order chi connectivity index (χ1) is 9.44. The zero-order valence-corrected chi connectivity index (χ0v) is 17.3. The molecule has 1 unspecified atom stereocenters. The fourth-order valence-corrected chi connectivity index (χ4v) is 4.00. The number of likely N-dealkylation sites (N-methyl/N-ethyl adjacent to an activating group) is 1. The Morgan fingerprint density at radius 3 is 2.43 bits per heavy atom. The third-order valence-electron chi connectivity index (χ3n) is 4.30. The second kappa shape index (κ2) is 6.94. The Hall–Kier alpha value is -0.173. The van der Waals surface area contributed by atoms with Crippen LogP contribution in [0.25, 0.3) is 0 Å². The Kier molecular flexibility index (Phi) is 6.24. The van der Waals surface area contributed by atoms with Gasteiger partial charge in [0.15, 0.2) is 8.32 Å². The van der Waals surface area contributed by atoms with E-state index in [9.17, 15) is 0 Å². The summed E-state index contributed by atoms with van der Waals surface area (Å²) in [6.45, 7) is 15.4. The van der Waals surface area contributed by atoms with Crippen molar-refractivity contribution in [3.63, 3.8) is 0 Å². The van der Waals surface area contributed by atoms with Crippen molar-refractivity contribution in [2.75, 3.05) is 13.6 Å². The molecule has 0 aliphatic heterocycles. The van der Waals surface area contributed by atoms with Crippen LogP contribution in [0.2, 0.25) is 18.1 Å². The van der Waals surface area contributed by atoms with Crippen molar-refractivity contribution in [1.82, 2.24) is 14.7 Å². The molecule has 4 nitrogen and oxygen atoms in total. The Bertz CT molecular complexity index is 448. The zero-order chi connectivity index (χ0) is 16.4. The van der Waals surface area contributed by atoms with E-state index in [0.717, 1.165) is 17.6 Å². The molecule has 0 aliphatic rings. The van der Waals surface area contributed by atoms with Crippen LogP contribution in [0.5, 0.6) is 0 Å². The average molecular weight is 376 g/mol. The minimum atomic E-state index is -1.69. The van der Waals surface area contributed by atoms with E-state index in [1.807, 2.05) is 17.9 Å². The van der Waals surface area contributed by atoms with Gasteiger partial charge in [0.05, 0.1) is 22.5 Å². The van der Waals surface area contributed by atoms with Crippen molar-refractivity contribution in [2.45, 2.75) is 58.5 Å². The van der Waals surface area contributed by atoms with Crippen molar-refractivity contribution in [3.05, 3.63) is 16.4 Å². The van der Waals surface area contributed by atoms with Crippen molar-refractivity contribution >= 4 is 24.2 Å². The largest absolute Gasteiger partial charge is 0.413 e. The van der Waals surface area contributed by atoms with Gasteiger partial charge in [-0.1, -0.05) is 20.8 Å². The lowest BCUT2D eigenvalue weighted by molar-refractivity contribution is 0.143. The molecule has 1 aromatic heterocycles. The highest BCUT2D eigenvalue weighted by molar-refractivity contribution is 9.10. The summed E-state index contributed by atoms with van der Waals surface area (Å²) < 4.78 is 9.40. The van der Waals surface area contributed by atoms with Crippen molar-refractivity contribution in [2.24, 2.45) is 7.05 Å². The van der Waals surface area contributed by atoms with Gasteiger partial charge in [-0.3, -0.25) is 9.58 Å². The smallest absolute Gasteiger partial charge is 0.192 e. The summed E-state index contributed by atoms with van der Waals surface area (Å²) in [6, 6.07) is 0. The zero-order valence-electron chi connectivity index (χ0n) is 14.7. The van der Waals surface area contributed by atoms with Crippen LogP contribution >= 0.6 is 15.9 Å². The molecule has 0 fully saturated rings. The summed E-state index contributed by atoms with van der Waals surface area (Å²) in [4.78, 5) is 2.29. The topological polar surface area (TPSA) is 30.3 Å². The standard InChI is InChI=1S/C15H30BrN3OSi/c1-12(20-21(7,8)15(2,3)4)10-18(5)11-14-13(16)9-17-19(14)6/h9,12H,10-11H2,1-8H3. The fourth-order valence-electron chi connectivity index (χ4n) is 2.09. The van der Waals surface area contributed by atoms with Crippen LogP contribution in [0, 0.1) is 0 Å². The molecule has 0 N–H and O–H groups in total. The van der Waals surface area contributed by atoms with Gasteiger partial charge in [0.1, 0.15) is 0 Å². The molecule has 0 bridgehead atoms. The van der Waals surface area contributed by atoms with Crippen LogP contribution in [0.15, 0.2) is 10.7 Å². The molecule has 1 heterocycles. The molecule has 0 amide bonds. The maximum atomic E-state index is 6.42. The molecule has 0 saturated heterocycles. The molecule has 0 radical (unpaired) electrons. The van der Waals surface area contributed by atoms with Gasteiger partial charge in [0, 0.05) is 20.1 Å². The first-order valence-corrected chi connectivity index (χ1v) is 11.2. The van der Waals surface area contributed by atoms with Crippen molar-refractivity contribution in [3.8, 4) is 0 Å². The highest BCUT2D eigenvalue weighted by atomic mass is 79.9. The average Bonchev–Trinajstić information content (AvgIpc) is 2.58. The molecule has 1 aromatic rings. The number of rotatable bonds is 6. The number of hydrogen-bond acceptors (Lipinski definition) is 3. The fraction of sp³-hybridized carbons (Fsp3) is 0.800. The van der Waals surface area contributed by atoms with Crippen LogP contribution in [0.3, 0.4) is 0 Å². The lowest BCUT2D eigenvalue weighted by Gasteiger charge is -2.39. The van der Waals surface area contributed by atoms with Gasteiger partial charge >= 0.3 is 0 Å². The highest BCUT2D eigenvalue weighted by Crippen LogP contribution is 2.37. The van der Waals surface area contributed by atoms with E-state index in [0.29, 0.717) is 0 Å². The Balaban J connectivity index is 2.57. The monoisotopic (exact) mass is 375 g/mol. The van der Waals surface area contributed by atoms with Gasteiger partial charge in [-0.2, -0.15) is 5.10 Å². The van der Waals surface area contributed by atoms with E-state index in [4.69, 9.17) is 4.43 Å². The quantitative estimate of drug-likeness (QED) is 0.703. The van der Waals surface area contributed by atoms with Gasteiger partial charge in [0.2, 0.25) is 0 Å². The van der Waals surface area contributed by atoms with Gasteiger partial charge in [-0.15, -0.1) is 0 Å². The molecular weight excluding hydrogens is 346 g/mol. The Morgan fingerprint density at radius 1 is 1.43 bits per heavy atom. The van der Waals surface area contributed by atoms with Gasteiger partial charge < -0.3 is 4.43 Å². The van der Waals surface area contributed by atoms with E-state index < -0.39 is 8.32 Å². The molecular formula is C15H30BrN3OSi. The summed E-state index contributed by atoms with van der Waals surface area (Å²) >= 11 is 3.55. The van der Waals surface area contributed by atoms with Crippen molar-refractivity contribution < 1.29 is 4.43 Å². The predicted octanol–water partition coefficient (Wildman–Crippen LogP) is 4.02. The molecule has 1 rings (SSSR count). The van der Waals surface area contributed by atoms with Crippen LogP contribution in [-0.2, 0) is 18.0 Å². The molecule has 0 aliphatic carbocycles. The van der Waals surface area contributed by atoms with E-state index in [1.54, 1.807) is 0 Å². The van der Waals surface area contributed by atoms with Crippen LogP contribution < -0.4 is 0 Å². The Morgan fingerprint density at radius 2 is 2.00 bits per heavy atom.